The fraction of sp³-hybridized carbons (Fsp3) is 0.444. The van der Waals surface area contributed by atoms with E-state index in [0.29, 0.717) is 11.9 Å². The third-order valence-corrected chi connectivity index (χ3v) is 2.74. The molecule has 2 aromatic heterocycles. The Morgan fingerprint density at radius 1 is 1.47 bits per heavy atom. The van der Waals surface area contributed by atoms with E-state index in [1.54, 1.807) is 17.2 Å². The molecular formula is C9H12N6. The molecule has 3 rings (SSSR count). The first-order chi connectivity index (χ1) is 7.27. The van der Waals surface area contributed by atoms with Crippen molar-refractivity contribution >= 4 is 5.82 Å². The summed E-state index contributed by atoms with van der Waals surface area (Å²) < 4.78 is 3.72. The Morgan fingerprint density at radius 3 is 2.87 bits per heavy atom. The second-order valence-corrected chi connectivity index (χ2v) is 3.86. The van der Waals surface area contributed by atoms with Crippen molar-refractivity contribution < 1.29 is 0 Å². The molecule has 6 nitrogen and oxygen atoms in total. The smallest absolute Gasteiger partial charge is 0.169 e. The van der Waals surface area contributed by atoms with Gasteiger partial charge in [-0.2, -0.15) is 5.10 Å². The van der Waals surface area contributed by atoms with Crippen molar-refractivity contribution in [1.29, 1.82) is 0 Å². The lowest BCUT2D eigenvalue weighted by atomic mass is 10.3. The number of hydrogen-bond acceptors (Lipinski definition) is 4. The molecule has 0 atom stereocenters. The van der Waals surface area contributed by atoms with E-state index in [-0.39, 0.29) is 0 Å². The SMILES string of the molecule is Cn1ncc(-c2nncn2C2CC2)c1N. The van der Waals surface area contributed by atoms with Gasteiger partial charge < -0.3 is 10.3 Å². The van der Waals surface area contributed by atoms with Crippen LogP contribution in [0.15, 0.2) is 12.5 Å². The van der Waals surface area contributed by atoms with Crippen LogP contribution >= 0.6 is 0 Å². The largest absolute Gasteiger partial charge is 0.383 e. The number of nitrogen functional groups attached to an aromatic ring is 1. The van der Waals surface area contributed by atoms with Gasteiger partial charge in [-0.05, 0) is 12.8 Å². The molecule has 0 bridgehead atoms. The number of nitrogens with zero attached hydrogens (tertiary/aromatic N) is 5. The van der Waals surface area contributed by atoms with Crippen LogP contribution in [0.3, 0.4) is 0 Å². The Kier molecular flexibility index (Phi) is 1.59. The first-order valence-electron chi connectivity index (χ1n) is 4.94. The van der Waals surface area contributed by atoms with Crippen molar-refractivity contribution in [1.82, 2.24) is 24.5 Å². The summed E-state index contributed by atoms with van der Waals surface area (Å²) in [5.74, 6) is 1.45. The molecule has 78 valence electrons. The highest BCUT2D eigenvalue weighted by molar-refractivity contribution is 5.67. The lowest BCUT2D eigenvalue weighted by molar-refractivity contribution is 0.746. The molecule has 15 heavy (non-hydrogen) atoms. The van der Waals surface area contributed by atoms with Crippen LogP contribution in [0.5, 0.6) is 0 Å². The predicted octanol–water partition coefficient (Wildman–Crippen LogP) is 0.596. The van der Waals surface area contributed by atoms with E-state index in [0.717, 1.165) is 11.4 Å². The Balaban J connectivity index is 2.11. The number of rotatable bonds is 2. The summed E-state index contributed by atoms with van der Waals surface area (Å²) in [6.07, 6.45) is 5.90. The summed E-state index contributed by atoms with van der Waals surface area (Å²) in [4.78, 5) is 0. The number of hydrogen-bond donors (Lipinski definition) is 1. The van der Waals surface area contributed by atoms with Gasteiger partial charge in [0.25, 0.3) is 0 Å². The third-order valence-electron chi connectivity index (χ3n) is 2.74. The fourth-order valence-electron chi connectivity index (χ4n) is 1.67. The topological polar surface area (TPSA) is 74.5 Å². The summed E-state index contributed by atoms with van der Waals surface area (Å²) in [7, 11) is 1.82. The summed E-state index contributed by atoms with van der Waals surface area (Å²) in [5.41, 5.74) is 6.77. The van der Waals surface area contributed by atoms with Crippen molar-refractivity contribution in [2.24, 2.45) is 7.05 Å². The highest BCUT2D eigenvalue weighted by atomic mass is 15.3. The first-order valence-corrected chi connectivity index (χ1v) is 4.94. The monoisotopic (exact) mass is 204 g/mol. The van der Waals surface area contributed by atoms with Gasteiger partial charge in [0.1, 0.15) is 12.1 Å². The van der Waals surface area contributed by atoms with Gasteiger partial charge >= 0.3 is 0 Å². The molecule has 1 fully saturated rings. The molecule has 0 aliphatic heterocycles. The first kappa shape index (κ1) is 8.46. The molecule has 0 radical (unpaired) electrons. The Labute approximate surface area is 86.7 Å². The number of aromatic nitrogens is 5. The molecule has 2 N–H and O–H groups in total. The molecule has 0 unspecified atom stereocenters. The zero-order valence-electron chi connectivity index (χ0n) is 8.46. The predicted molar refractivity (Wildman–Crippen MR) is 54.9 cm³/mol. The second-order valence-electron chi connectivity index (χ2n) is 3.86. The van der Waals surface area contributed by atoms with Crippen LogP contribution in [0, 0.1) is 0 Å². The Morgan fingerprint density at radius 2 is 2.27 bits per heavy atom. The van der Waals surface area contributed by atoms with Crippen molar-refractivity contribution in [3.63, 3.8) is 0 Å². The third kappa shape index (κ3) is 1.21. The van der Waals surface area contributed by atoms with E-state index in [1.807, 2.05) is 7.05 Å². The molecule has 0 amide bonds. The summed E-state index contributed by atoms with van der Waals surface area (Å²) in [5, 5.41) is 12.1. The average molecular weight is 204 g/mol. The van der Waals surface area contributed by atoms with Crippen LogP contribution in [-0.2, 0) is 7.05 Å². The summed E-state index contributed by atoms with van der Waals surface area (Å²) in [6, 6.07) is 0.551. The maximum atomic E-state index is 5.90. The summed E-state index contributed by atoms with van der Waals surface area (Å²) in [6.45, 7) is 0. The van der Waals surface area contributed by atoms with Crippen LogP contribution in [0.1, 0.15) is 18.9 Å². The quantitative estimate of drug-likeness (QED) is 0.777. The zero-order valence-corrected chi connectivity index (χ0v) is 8.46. The molecule has 0 spiro atoms. The van der Waals surface area contributed by atoms with Gasteiger partial charge in [0.15, 0.2) is 5.82 Å². The van der Waals surface area contributed by atoms with Crippen LogP contribution in [0.4, 0.5) is 5.82 Å². The summed E-state index contributed by atoms with van der Waals surface area (Å²) >= 11 is 0. The van der Waals surface area contributed by atoms with Crippen molar-refractivity contribution in [2.45, 2.75) is 18.9 Å². The molecule has 2 aromatic rings. The van der Waals surface area contributed by atoms with Gasteiger partial charge in [0.05, 0.1) is 11.8 Å². The fourth-order valence-corrected chi connectivity index (χ4v) is 1.67. The molecule has 1 aliphatic rings. The lowest BCUT2D eigenvalue weighted by Gasteiger charge is -2.03. The highest BCUT2D eigenvalue weighted by Gasteiger charge is 2.27. The van der Waals surface area contributed by atoms with Gasteiger partial charge in [-0.3, -0.25) is 4.68 Å². The number of nitrogens with two attached hydrogens (primary N) is 1. The van der Waals surface area contributed by atoms with E-state index >= 15 is 0 Å². The Hall–Kier alpha value is -1.85. The molecule has 2 heterocycles. The van der Waals surface area contributed by atoms with E-state index in [2.05, 4.69) is 19.9 Å². The lowest BCUT2D eigenvalue weighted by Crippen LogP contribution is -2.01. The van der Waals surface area contributed by atoms with Gasteiger partial charge in [-0.25, -0.2) is 0 Å². The Bertz CT molecular complexity index is 492. The second kappa shape index (κ2) is 2.82. The molecule has 0 saturated heterocycles. The highest BCUT2D eigenvalue weighted by Crippen LogP contribution is 2.38. The minimum atomic E-state index is 0.551. The van der Waals surface area contributed by atoms with E-state index < -0.39 is 0 Å². The minimum Gasteiger partial charge on any atom is -0.383 e. The molecule has 1 saturated carbocycles. The number of aryl methyl sites for hydroxylation is 1. The number of anilines is 1. The zero-order chi connectivity index (χ0) is 10.4. The minimum absolute atomic E-state index is 0.551. The van der Waals surface area contributed by atoms with E-state index in [1.165, 1.54) is 12.8 Å². The average Bonchev–Trinajstić information content (AvgIpc) is 2.88. The molecule has 6 heteroatoms. The maximum Gasteiger partial charge on any atom is 0.169 e. The standard InChI is InChI=1S/C9H12N6/c1-14-8(10)7(4-12-14)9-13-11-5-15(9)6-2-3-6/h4-6H,2-3,10H2,1H3. The van der Waals surface area contributed by atoms with Gasteiger partial charge in [-0.1, -0.05) is 0 Å². The van der Waals surface area contributed by atoms with E-state index in [4.69, 9.17) is 5.73 Å². The van der Waals surface area contributed by atoms with Gasteiger partial charge in [0, 0.05) is 13.1 Å². The molecule has 0 aromatic carbocycles. The van der Waals surface area contributed by atoms with Crippen molar-refractivity contribution in [2.75, 3.05) is 5.73 Å². The van der Waals surface area contributed by atoms with Crippen LogP contribution < -0.4 is 5.73 Å². The normalized spacial score (nSPS) is 15.8. The van der Waals surface area contributed by atoms with Gasteiger partial charge in [-0.15, -0.1) is 10.2 Å². The van der Waals surface area contributed by atoms with Crippen LogP contribution in [0.2, 0.25) is 0 Å². The molecular weight excluding hydrogens is 192 g/mol. The maximum absolute atomic E-state index is 5.90. The van der Waals surface area contributed by atoms with Crippen LogP contribution in [0.25, 0.3) is 11.4 Å². The van der Waals surface area contributed by atoms with Crippen LogP contribution in [-0.4, -0.2) is 24.5 Å². The van der Waals surface area contributed by atoms with Crippen molar-refractivity contribution in [3.05, 3.63) is 12.5 Å². The van der Waals surface area contributed by atoms with E-state index in [9.17, 15) is 0 Å². The molecule has 1 aliphatic carbocycles. The van der Waals surface area contributed by atoms with Crippen molar-refractivity contribution in [3.8, 4) is 11.4 Å². The van der Waals surface area contributed by atoms with Gasteiger partial charge in [0.2, 0.25) is 0 Å².